The summed E-state index contributed by atoms with van der Waals surface area (Å²) in [6, 6.07) is 14.9. The third kappa shape index (κ3) is 12.0. The van der Waals surface area contributed by atoms with E-state index in [1.165, 1.54) is 6.92 Å². The summed E-state index contributed by atoms with van der Waals surface area (Å²) < 4.78 is 22.6. The summed E-state index contributed by atoms with van der Waals surface area (Å²) in [4.78, 5) is 43.4. The molecule has 0 bridgehead atoms. The number of carbonyl (C=O) groups is 2. The van der Waals surface area contributed by atoms with E-state index < -0.39 is 31.9 Å². The molecule has 0 heterocycles. The summed E-state index contributed by atoms with van der Waals surface area (Å²) in [6.45, 7) is 13.9. The van der Waals surface area contributed by atoms with Crippen molar-refractivity contribution in [2.24, 2.45) is 0 Å². The number of hydrogen-bond acceptors (Lipinski definition) is 7. The van der Waals surface area contributed by atoms with Crippen LogP contribution in [0.15, 0.2) is 72.8 Å². The van der Waals surface area contributed by atoms with Gasteiger partial charge in [0, 0.05) is 29.7 Å². The van der Waals surface area contributed by atoms with E-state index in [1.807, 2.05) is 36.4 Å². The number of ether oxygens (including phenoxy) is 2. The highest BCUT2D eigenvalue weighted by atomic mass is 31.2. The predicted molar refractivity (Wildman–Crippen MR) is 164 cm³/mol. The molecule has 2 atom stereocenters. The summed E-state index contributed by atoms with van der Waals surface area (Å²) in [6.07, 6.45) is -2.48. The second kappa shape index (κ2) is 15.8. The molecule has 0 aromatic heterocycles. The fraction of sp³-hybridized carbons (Fsp3) is 0.419. The molecule has 2 aromatic carbocycles. The molecule has 0 radical (unpaired) electrons. The molecule has 0 aliphatic rings. The van der Waals surface area contributed by atoms with Crippen LogP contribution in [0.2, 0.25) is 0 Å². The number of aliphatic hydroxyl groups is 2. The maximum absolute atomic E-state index is 12.3. The van der Waals surface area contributed by atoms with Gasteiger partial charge in [-0.25, -0.2) is 0 Å². The standard InChI is InChI=1S/C31H43N2O9P/c1-21(2)29(36)32-17-25(34)19-41-27-11-7-23(8-12-27)31(5,6)24-9-13-28(14-10-24)42-20-26(35)18-33(30(37)22(3)4)15-16-43(38,39)40/h7-14,25-26,34-35H,1,3,15-20H2,2,4-6H3,(H,32,36)(H2,38,39,40). The molecule has 236 valence electrons. The quantitative estimate of drug-likeness (QED) is 0.132. The smallest absolute Gasteiger partial charge is 0.327 e. The van der Waals surface area contributed by atoms with Gasteiger partial charge < -0.3 is 39.7 Å². The molecule has 0 aliphatic carbocycles. The van der Waals surface area contributed by atoms with Crippen molar-refractivity contribution in [1.82, 2.24) is 10.2 Å². The maximum Gasteiger partial charge on any atom is 0.327 e. The highest BCUT2D eigenvalue weighted by Gasteiger charge is 2.24. The molecule has 12 heteroatoms. The molecule has 0 fully saturated rings. The molecule has 43 heavy (non-hydrogen) atoms. The molecule has 2 aromatic rings. The highest BCUT2D eigenvalue weighted by molar-refractivity contribution is 7.51. The molecule has 0 aliphatic heterocycles. The Hall–Kier alpha value is -3.47. The Morgan fingerprint density at radius 3 is 1.77 bits per heavy atom. The Bertz CT molecular complexity index is 1300. The lowest BCUT2D eigenvalue weighted by atomic mass is 9.78. The van der Waals surface area contributed by atoms with Crippen molar-refractivity contribution in [1.29, 1.82) is 0 Å². The SMILES string of the molecule is C=C(C)C(=O)NCC(O)COc1ccc(C(C)(C)c2ccc(OCC(O)CN(CCP(=O)(O)O)C(=O)C(=C)C)cc2)cc1. The van der Waals surface area contributed by atoms with Gasteiger partial charge in [0.05, 0.1) is 12.7 Å². The Kier molecular flexibility index (Phi) is 13.2. The van der Waals surface area contributed by atoms with Gasteiger partial charge in [0.1, 0.15) is 36.9 Å². The van der Waals surface area contributed by atoms with Crippen LogP contribution in [0.1, 0.15) is 38.8 Å². The van der Waals surface area contributed by atoms with Gasteiger partial charge >= 0.3 is 7.60 Å². The van der Waals surface area contributed by atoms with Gasteiger partial charge in [-0.05, 0) is 49.2 Å². The van der Waals surface area contributed by atoms with Gasteiger partial charge in [-0.1, -0.05) is 51.3 Å². The lowest BCUT2D eigenvalue weighted by Gasteiger charge is -2.27. The lowest BCUT2D eigenvalue weighted by molar-refractivity contribution is -0.128. The van der Waals surface area contributed by atoms with E-state index in [9.17, 15) is 24.4 Å². The van der Waals surface area contributed by atoms with Crippen LogP contribution in [0, 0.1) is 0 Å². The van der Waals surface area contributed by atoms with Crippen LogP contribution in [-0.4, -0.2) is 87.9 Å². The minimum absolute atomic E-state index is 0.0189. The van der Waals surface area contributed by atoms with Gasteiger partial charge in [0.25, 0.3) is 0 Å². The zero-order chi connectivity index (χ0) is 32.4. The van der Waals surface area contributed by atoms with Crippen LogP contribution >= 0.6 is 7.60 Å². The predicted octanol–water partition coefficient (Wildman–Crippen LogP) is 2.77. The Labute approximate surface area is 253 Å². The Balaban J connectivity index is 1.93. The molecule has 5 N–H and O–H groups in total. The number of hydrogen-bond donors (Lipinski definition) is 5. The van der Waals surface area contributed by atoms with Gasteiger partial charge in [-0.3, -0.25) is 14.2 Å². The number of nitrogens with one attached hydrogen (secondary N) is 1. The monoisotopic (exact) mass is 618 g/mol. The molecule has 2 rings (SSSR count). The molecule has 2 amide bonds. The van der Waals surface area contributed by atoms with Crippen molar-refractivity contribution in [3.05, 3.63) is 84.0 Å². The van der Waals surface area contributed by atoms with E-state index in [0.717, 1.165) is 16.0 Å². The first kappa shape index (κ1) is 35.7. The van der Waals surface area contributed by atoms with Gasteiger partial charge in [0.2, 0.25) is 11.8 Å². The highest BCUT2D eigenvalue weighted by Crippen LogP contribution is 2.34. The normalized spacial score (nSPS) is 13.0. The summed E-state index contributed by atoms with van der Waals surface area (Å²) in [5.74, 6) is 0.270. The zero-order valence-electron chi connectivity index (χ0n) is 25.2. The van der Waals surface area contributed by atoms with Crippen molar-refractivity contribution in [3.63, 3.8) is 0 Å². The molecule has 2 unspecified atom stereocenters. The van der Waals surface area contributed by atoms with Gasteiger partial charge in [-0.15, -0.1) is 0 Å². The summed E-state index contributed by atoms with van der Waals surface area (Å²) in [7, 11) is -4.32. The molecular formula is C31H43N2O9P. The van der Waals surface area contributed by atoms with Crippen LogP contribution in [0.25, 0.3) is 0 Å². The van der Waals surface area contributed by atoms with E-state index in [0.29, 0.717) is 17.1 Å². The van der Waals surface area contributed by atoms with Crippen molar-refractivity contribution < 1.29 is 43.6 Å². The van der Waals surface area contributed by atoms with Gasteiger partial charge in [0.15, 0.2) is 0 Å². The van der Waals surface area contributed by atoms with E-state index in [-0.39, 0.29) is 49.7 Å². The van der Waals surface area contributed by atoms with Crippen LogP contribution in [0.4, 0.5) is 0 Å². The maximum atomic E-state index is 12.3. The van der Waals surface area contributed by atoms with E-state index >= 15 is 0 Å². The first-order valence-corrected chi connectivity index (χ1v) is 15.5. The third-order valence-corrected chi connectivity index (χ3v) is 7.45. The Morgan fingerprint density at radius 1 is 0.884 bits per heavy atom. The minimum Gasteiger partial charge on any atom is -0.491 e. The van der Waals surface area contributed by atoms with E-state index in [4.69, 9.17) is 19.3 Å². The van der Waals surface area contributed by atoms with E-state index in [2.05, 4.69) is 32.3 Å². The van der Waals surface area contributed by atoms with E-state index in [1.54, 1.807) is 19.1 Å². The number of aliphatic hydroxyl groups excluding tert-OH is 2. The van der Waals surface area contributed by atoms with Crippen molar-refractivity contribution >= 4 is 19.4 Å². The zero-order valence-corrected chi connectivity index (χ0v) is 26.0. The third-order valence-electron chi connectivity index (χ3n) is 6.67. The Morgan fingerprint density at radius 2 is 1.35 bits per heavy atom. The second-order valence-corrected chi connectivity index (χ2v) is 12.8. The fourth-order valence-electron chi connectivity index (χ4n) is 4.01. The fourth-order valence-corrected chi connectivity index (χ4v) is 4.51. The molecule has 11 nitrogen and oxygen atoms in total. The summed E-state index contributed by atoms with van der Waals surface area (Å²) in [5.41, 5.74) is 2.22. The minimum atomic E-state index is -4.32. The van der Waals surface area contributed by atoms with Crippen LogP contribution in [0.5, 0.6) is 11.5 Å². The van der Waals surface area contributed by atoms with Crippen molar-refractivity contribution in [2.45, 2.75) is 45.3 Å². The number of benzene rings is 2. The average Bonchev–Trinajstić information content (AvgIpc) is 2.95. The van der Waals surface area contributed by atoms with Crippen LogP contribution < -0.4 is 14.8 Å². The number of nitrogens with zero attached hydrogens (tertiary/aromatic N) is 1. The number of rotatable bonds is 17. The van der Waals surface area contributed by atoms with Crippen molar-refractivity contribution in [3.8, 4) is 11.5 Å². The van der Waals surface area contributed by atoms with Crippen molar-refractivity contribution in [2.75, 3.05) is 39.0 Å². The number of amides is 2. The van der Waals surface area contributed by atoms with Crippen LogP contribution in [0.3, 0.4) is 0 Å². The molecule has 0 spiro atoms. The number of carbonyl (C=O) groups excluding carboxylic acids is 2. The largest absolute Gasteiger partial charge is 0.491 e. The average molecular weight is 619 g/mol. The summed E-state index contributed by atoms with van der Waals surface area (Å²) >= 11 is 0. The van der Waals surface area contributed by atoms with Gasteiger partial charge in [-0.2, -0.15) is 0 Å². The molecule has 0 saturated heterocycles. The van der Waals surface area contributed by atoms with Crippen LogP contribution in [-0.2, 0) is 19.6 Å². The first-order valence-electron chi connectivity index (χ1n) is 13.8. The first-order chi connectivity index (χ1) is 20.0. The molecular weight excluding hydrogens is 575 g/mol. The summed E-state index contributed by atoms with van der Waals surface area (Å²) in [5, 5.41) is 23.1. The lowest BCUT2D eigenvalue weighted by Crippen LogP contribution is -2.41. The topological polar surface area (TPSA) is 166 Å². The molecule has 0 saturated carbocycles. The second-order valence-electron chi connectivity index (χ2n) is 11.0.